The van der Waals surface area contributed by atoms with Gasteiger partial charge in [-0.05, 0) is 50.8 Å². The molecule has 0 atom stereocenters. The summed E-state index contributed by atoms with van der Waals surface area (Å²) in [6.07, 6.45) is 1.12. The highest BCUT2D eigenvalue weighted by atomic mass is 79.9. The van der Waals surface area contributed by atoms with Crippen molar-refractivity contribution in [1.29, 1.82) is 0 Å². The fourth-order valence-electron chi connectivity index (χ4n) is 1.84. The van der Waals surface area contributed by atoms with E-state index >= 15 is 0 Å². The third kappa shape index (κ3) is 4.49. The van der Waals surface area contributed by atoms with Crippen LogP contribution in [0.1, 0.15) is 12.2 Å². The molecule has 2 N–H and O–H groups in total. The van der Waals surface area contributed by atoms with Gasteiger partial charge in [0.2, 0.25) is 0 Å². The van der Waals surface area contributed by atoms with Crippen molar-refractivity contribution in [2.24, 2.45) is 0 Å². The summed E-state index contributed by atoms with van der Waals surface area (Å²) in [6, 6.07) is 12.2. The molecule has 0 bridgehead atoms. The first kappa shape index (κ1) is 14.3. The number of hydrogen-bond acceptors (Lipinski definition) is 3. The van der Waals surface area contributed by atoms with Gasteiger partial charge in [-0.3, -0.25) is 0 Å². The standard InChI is InChI=1S/C15H19BrN2O/c1-17-9-2-10-18-11-14-7-8-15(19-14)12-3-5-13(16)6-4-12/h3-8,17-18H,2,9-11H2,1H3. The van der Waals surface area contributed by atoms with Gasteiger partial charge >= 0.3 is 0 Å². The minimum atomic E-state index is 0.778. The summed E-state index contributed by atoms with van der Waals surface area (Å²) in [5.74, 6) is 1.89. The summed E-state index contributed by atoms with van der Waals surface area (Å²) in [4.78, 5) is 0. The van der Waals surface area contributed by atoms with Gasteiger partial charge in [0.15, 0.2) is 0 Å². The van der Waals surface area contributed by atoms with Gasteiger partial charge in [-0.1, -0.05) is 28.1 Å². The van der Waals surface area contributed by atoms with E-state index in [4.69, 9.17) is 4.42 Å². The summed E-state index contributed by atoms with van der Waals surface area (Å²) in [6.45, 7) is 2.81. The van der Waals surface area contributed by atoms with Crippen LogP contribution in [0, 0.1) is 0 Å². The van der Waals surface area contributed by atoms with Gasteiger partial charge in [0.05, 0.1) is 6.54 Å². The summed E-state index contributed by atoms with van der Waals surface area (Å²) in [5, 5.41) is 6.50. The minimum absolute atomic E-state index is 0.778. The average molecular weight is 323 g/mol. The second-order valence-electron chi connectivity index (χ2n) is 4.41. The maximum Gasteiger partial charge on any atom is 0.134 e. The molecule has 0 saturated carbocycles. The molecule has 19 heavy (non-hydrogen) atoms. The lowest BCUT2D eigenvalue weighted by Gasteiger charge is -2.02. The fourth-order valence-corrected chi connectivity index (χ4v) is 2.11. The molecule has 0 spiro atoms. The normalized spacial score (nSPS) is 10.8. The molecule has 1 aromatic carbocycles. The number of hydrogen-bond donors (Lipinski definition) is 2. The zero-order valence-corrected chi connectivity index (χ0v) is 12.7. The molecule has 4 heteroatoms. The van der Waals surface area contributed by atoms with Crippen LogP contribution in [-0.4, -0.2) is 20.1 Å². The maximum absolute atomic E-state index is 5.82. The lowest BCUT2D eigenvalue weighted by molar-refractivity contribution is 0.490. The zero-order chi connectivity index (χ0) is 13.5. The Kier molecular flexibility index (Phi) is 5.63. The number of rotatable bonds is 7. The number of benzene rings is 1. The SMILES string of the molecule is CNCCCNCc1ccc(-c2ccc(Br)cc2)o1. The summed E-state index contributed by atoms with van der Waals surface area (Å²) < 4.78 is 6.90. The first-order valence-electron chi connectivity index (χ1n) is 6.49. The fraction of sp³-hybridized carbons (Fsp3) is 0.333. The van der Waals surface area contributed by atoms with E-state index in [2.05, 4.69) is 26.6 Å². The van der Waals surface area contributed by atoms with Crippen LogP contribution in [0.3, 0.4) is 0 Å². The Hall–Kier alpha value is -1.10. The molecular formula is C15H19BrN2O. The molecule has 0 aliphatic carbocycles. The molecule has 0 fully saturated rings. The van der Waals surface area contributed by atoms with Gasteiger partial charge in [0.25, 0.3) is 0 Å². The second-order valence-corrected chi connectivity index (χ2v) is 5.32. The monoisotopic (exact) mass is 322 g/mol. The van der Waals surface area contributed by atoms with Gasteiger partial charge in [-0.15, -0.1) is 0 Å². The molecule has 102 valence electrons. The highest BCUT2D eigenvalue weighted by molar-refractivity contribution is 9.10. The van der Waals surface area contributed by atoms with Crippen molar-refractivity contribution in [2.75, 3.05) is 20.1 Å². The minimum Gasteiger partial charge on any atom is -0.460 e. The molecule has 0 unspecified atom stereocenters. The second kappa shape index (κ2) is 7.48. The Morgan fingerprint density at radius 2 is 1.84 bits per heavy atom. The van der Waals surface area contributed by atoms with E-state index < -0.39 is 0 Å². The Bertz CT molecular complexity index is 493. The van der Waals surface area contributed by atoms with Crippen molar-refractivity contribution in [3.8, 4) is 11.3 Å². The van der Waals surface area contributed by atoms with Crippen molar-refractivity contribution in [1.82, 2.24) is 10.6 Å². The molecule has 0 aliphatic heterocycles. The summed E-state index contributed by atoms with van der Waals surface area (Å²) >= 11 is 3.43. The largest absolute Gasteiger partial charge is 0.460 e. The van der Waals surface area contributed by atoms with Crippen molar-refractivity contribution in [3.05, 3.63) is 46.6 Å². The van der Waals surface area contributed by atoms with E-state index in [-0.39, 0.29) is 0 Å². The van der Waals surface area contributed by atoms with Crippen LogP contribution >= 0.6 is 15.9 Å². The molecule has 1 heterocycles. The van der Waals surface area contributed by atoms with E-state index in [1.165, 1.54) is 0 Å². The molecule has 0 aliphatic rings. The number of halogens is 1. The van der Waals surface area contributed by atoms with E-state index in [9.17, 15) is 0 Å². The lowest BCUT2D eigenvalue weighted by atomic mass is 10.2. The van der Waals surface area contributed by atoms with E-state index in [1.807, 2.05) is 43.4 Å². The Morgan fingerprint density at radius 1 is 1.05 bits per heavy atom. The van der Waals surface area contributed by atoms with Crippen LogP contribution < -0.4 is 10.6 Å². The first-order valence-corrected chi connectivity index (χ1v) is 7.29. The molecule has 0 amide bonds. The molecule has 0 saturated heterocycles. The topological polar surface area (TPSA) is 37.2 Å². The van der Waals surface area contributed by atoms with Crippen LogP contribution in [0.5, 0.6) is 0 Å². The van der Waals surface area contributed by atoms with Crippen molar-refractivity contribution >= 4 is 15.9 Å². The van der Waals surface area contributed by atoms with Crippen LogP contribution in [-0.2, 0) is 6.54 Å². The van der Waals surface area contributed by atoms with Gasteiger partial charge in [0, 0.05) is 10.0 Å². The lowest BCUT2D eigenvalue weighted by Crippen LogP contribution is -2.19. The third-order valence-corrected chi connectivity index (χ3v) is 3.40. The van der Waals surface area contributed by atoms with Gasteiger partial charge in [-0.25, -0.2) is 0 Å². The molecule has 3 nitrogen and oxygen atoms in total. The highest BCUT2D eigenvalue weighted by Gasteiger charge is 2.04. The molecule has 2 rings (SSSR count). The van der Waals surface area contributed by atoms with Crippen LogP contribution in [0.4, 0.5) is 0 Å². The number of furan rings is 1. The van der Waals surface area contributed by atoms with Gasteiger partial charge in [-0.2, -0.15) is 0 Å². The smallest absolute Gasteiger partial charge is 0.134 e. The van der Waals surface area contributed by atoms with E-state index in [0.29, 0.717) is 0 Å². The average Bonchev–Trinajstić information content (AvgIpc) is 2.88. The van der Waals surface area contributed by atoms with E-state index in [0.717, 1.165) is 47.6 Å². The molecule has 1 aromatic heterocycles. The number of nitrogens with one attached hydrogen (secondary N) is 2. The predicted molar refractivity (Wildman–Crippen MR) is 82.1 cm³/mol. The molecule has 2 aromatic rings. The summed E-state index contributed by atoms with van der Waals surface area (Å²) in [5.41, 5.74) is 1.10. The highest BCUT2D eigenvalue weighted by Crippen LogP contribution is 2.23. The van der Waals surface area contributed by atoms with Crippen molar-refractivity contribution in [3.63, 3.8) is 0 Å². The maximum atomic E-state index is 5.82. The Labute approximate surface area is 122 Å². The molecular weight excluding hydrogens is 304 g/mol. The summed E-state index contributed by atoms with van der Waals surface area (Å²) in [7, 11) is 1.97. The van der Waals surface area contributed by atoms with Crippen LogP contribution in [0.25, 0.3) is 11.3 Å². The van der Waals surface area contributed by atoms with Gasteiger partial charge in [0.1, 0.15) is 11.5 Å². The predicted octanol–water partition coefficient (Wildman–Crippen LogP) is 3.41. The Morgan fingerprint density at radius 3 is 2.58 bits per heavy atom. The zero-order valence-electron chi connectivity index (χ0n) is 11.1. The van der Waals surface area contributed by atoms with Gasteiger partial charge < -0.3 is 15.1 Å². The van der Waals surface area contributed by atoms with Crippen LogP contribution in [0.2, 0.25) is 0 Å². The molecule has 0 radical (unpaired) electrons. The van der Waals surface area contributed by atoms with Crippen molar-refractivity contribution < 1.29 is 4.42 Å². The van der Waals surface area contributed by atoms with Crippen LogP contribution in [0.15, 0.2) is 45.3 Å². The van der Waals surface area contributed by atoms with Crippen molar-refractivity contribution in [2.45, 2.75) is 13.0 Å². The third-order valence-electron chi connectivity index (χ3n) is 2.87. The quantitative estimate of drug-likeness (QED) is 0.767. The Balaban J connectivity index is 1.86. The van der Waals surface area contributed by atoms with E-state index in [1.54, 1.807) is 0 Å². The first-order chi connectivity index (χ1) is 9.29.